The van der Waals surface area contributed by atoms with Crippen LogP contribution in [0.25, 0.3) is 21.8 Å². The molecule has 3 aliphatic heterocycles. The number of carbonyl (C=O) groups is 3. The number of hydrogen-bond acceptors (Lipinski definition) is 12. The highest BCUT2D eigenvalue weighted by atomic mass is 32.2. The van der Waals surface area contributed by atoms with E-state index in [2.05, 4.69) is 20.1 Å². The molecule has 22 heteroatoms. The van der Waals surface area contributed by atoms with Crippen molar-refractivity contribution in [1.29, 1.82) is 5.26 Å². The summed E-state index contributed by atoms with van der Waals surface area (Å²) in [5.74, 6) is -2.09. The van der Waals surface area contributed by atoms with Gasteiger partial charge in [-0.25, -0.2) is 18.6 Å². The van der Waals surface area contributed by atoms with E-state index in [0.717, 1.165) is 42.1 Å². The fourth-order valence-corrected chi connectivity index (χ4v) is 11.2. The topological polar surface area (TPSA) is 228 Å². The lowest BCUT2D eigenvalue weighted by Crippen LogP contribution is -2.50. The van der Waals surface area contributed by atoms with E-state index < -0.39 is 39.2 Å². The van der Waals surface area contributed by atoms with Crippen molar-refractivity contribution in [2.75, 3.05) is 60.8 Å². The smallest absolute Gasteiger partial charge is 0.329 e. The summed E-state index contributed by atoms with van der Waals surface area (Å²) in [6, 6.07) is 10.7. The average molecular weight is 970 g/mol. The number of benzene rings is 3. The first kappa shape index (κ1) is 47.4. The van der Waals surface area contributed by atoms with Crippen LogP contribution in [0.3, 0.4) is 0 Å². The van der Waals surface area contributed by atoms with Gasteiger partial charge in [0.2, 0.25) is 11.8 Å². The highest BCUT2D eigenvalue weighted by Gasteiger charge is 2.42. The lowest BCUT2D eigenvalue weighted by atomic mass is 9.67. The summed E-state index contributed by atoms with van der Waals surface area (Å²) in [5.41, 5.74) is -0.758. The molecule has 1 aliphatic carbocycles. The Morgan fingerprint density at radius 2 is 1.71 bits per heavy atom. The molecule has 4 amide bonds. The third-order valence-corrected chi connectivity index (χ3v) is 16.2. The van der Waals surface area contributed by atoms with Crippen molar-refractivity contribution in [3.8, 4) is 17.6 Å². The number of piperidine rings is 2. The van der Waals surface area contributed by atoms with Crippen LogP contribution in [0.15, 0.2) is 53.6 Å². The number of nitriles is 1. The van der Waals surface area contributed by atoms with Crippen molar-refractivity contribution in [2.24, 2.45) is 12.5 Å². The number of imide groups is 1. The number of aliphatic hydroxyl groups is 1. The second kappa shape index (κ2) is 18.3. The molecule has 3 N–H and O–H groups in total. The van der Waals surface area contributed by atoms with Crippen LogP contribution in [0.1, 0.15) is 82.7 Å². The van der Waals surface area contributed by atoms with Gasteiger partial charge in [0.15, 0.2) is 17.4 Å². The quantitative estimate of drug-likeness (QED) is 0.151. The Kier molecular flexibility index (Phi) is 12.6. The molecule has 1 spiro atoms. The van der Waals surface area contributed by atoms with Gasteiger partial charge in [0.05, 0.1) is 46.1 Å². The second-order valence-corrected chi connectivity index (χ2v) is 20.5. The van der Waals surface area contributed by atoms with Gasteiger partial charge in [0.1, 0.15) is 23.2 Å². The van der Waals surface area contributed by atoms with E-state index in [4.69, 9.17) is 4.74 Å². The highest BCUT2D eigenvalue weighted by Crippen LogP contribution is 2.48. The lowest BCUT2D eigenvalue weighted by molar-refractivity contribution is -0.140. The van der Waals surface area contributed by atoms with Crippen LogP contribution < -0.4 is 30.1 Å². The maximum atomic E-state index is 15.7. The lowest BCUT2D eigenvalue weighted by Gasteiger charge is -2.47. The highest BCUT2D eigenvalue weighted by molar-refractivity contribution is 7.90. The van der Waals surface area contributed by atoms with Crippen LogP contribution in [0.5, 0.6) is 11.5 Å². The molecule has 3 aromatic carbocycles. The molecule has 0 bridgehead atoms. The number of likely N-dealkylation sites (tertiary alicyclic amines) is 1. The van der Waals surface area contributed by atoms with Gasteiger partial charge < -0.3 is 19.6 Å². The van der Waals surface area contributed by atoms with Crippen molar-refractivity contribution in [1.82, 2.24) is 33.9 Å². The Bertz CT molecular complexity index is 3090. The molecular formula is C47H53F2N11O8S. The Hall–Kier alpha value is -6.70. The maximum absolute atomic E-state index is 15.7. The van der Waals surface area contributed by atoms with Gasteiger partial charge in [-0.3, -0.25) is 38.6 Å². The SMILES string of the molecule is CCN(C)S(=O)(=O)Nc1ccc(F)c(Oc2ccc3ncn(C4CCC5(CC4)CCN(C(=O)CC4(O)CCN(c6cc7c(cc6F)c(N6CCC(=O)NC6=O)nn7C)CC4)CC5)c(=O)c3c2)c1C#N. The average Bonchev–Trinajstić information content (AvgIpc) is 3.64. The number of hydrogen-bond donors (Lipinski definition) is 3. The summed E-state index contributed by atoms with van der Waals surface area (Å²) < 4.78 is 68.6. The van der Waals surface area contributed by atoms with E-state index in [1.165, 1.54) is 36.5 Å². The first-order chi connectivity index (χ1) is 32.9. The third-order valence-electron chi connectivity index (χ3n) is 14.6. The zero-order chi connectivity index (χ0) is 49.0. The van der Waals surface area contributed by atoms with Crippen LogP contribution in [0.2, 0.25) is 0 Å². The molecule has 0 unspecified atom stereocenters. The zero-order valence-corrected chi connectivity index (χ0v) is 39.3. The minimum Gasteiger partial charge on any atom is -0.453 e. The van der Waals surface area contributed by atoms with Crippen LogP contribution in [-0.4, -0.2) is 112 Å². The summed E-state index contributed by atoms with van der Waals surface area (Å²) >= 11 is 0. The normalized spacial score (nSPS) is 18.8. The number of rotatable bonds is 11. The zero-order valence-electron chi connectivity index (χ0n) is 38.5. The summed E-state index contributed by atoms with van der Waals surface area (Å²) in [5, 5.41) is 29.0. The predicted octanol–water partition coefficient (Wildman–Crippen LogP) is 5.43. The van der Waals surface area contributed by atoms with Gasteiger partial charge in [-0.05, 0) is 99.2 Å². The van der Waals surface area contributed by atoms with Gasteiger partial charge >= 0.3 is 16.2 Å². The molecule has 69 heavy (non-hydrogen) atoms. The molecule has 19 nitrogen and oxygen atoms in total. The maximum Gasteiger partial charge on any atom is 0.329 e. The monoisotopic (exact) mass is 969 g/mol. The molecule has 4 aliphatic rings. The summed E-state index contributed by atoms with van der Waals surface area (Å²) in [7, 11) is -0.978. The minimum atomic E-state index is -4.03. The molecule has 0 atom stereocenters. The number of nitrogens with zero attached hydrogens (tertiary/aromatic N) is 9. The van der Waals surface area contributed by atoms with Gasteiger partial charge in [-0.1, -0.05) is 6.92 Å². The van der Waals surface area contributed by atoms with E-state index in [0.29, 0.717) is 61.1 Å². The van der Waals surface area contributed by atoms with Crippen LogP contribution in [-0.2, 0) is 26.8 Å². The summed E-state index contributed by atoms with van der Waals surface area (Å²) in [4.78, 5) is 61.4. The van der Waals surface area contributed by atoms with Gasteiger partial charge in [-0.2, -0.15) is 23.1 Å². The molecule has 0 radical (unpaired) electrons. The molecule has 5 heterocycles. The number of halogens is 2. The van der Waals surface area contributed by atoms with E-state index in [-0.39, 0.29) is 95.8 Å². The first-order valence-electron chi connectivity index (χ1n) is 23.1. The van der Waals surface area contributed by atoms with Crippen molar-refractivity contribution in [3.05, 3.63) is 76.3 Å². The van der Waals surface area contributed by atoms with Crippen molar-refractivity contribution >= 4 is 67.1 Å². The third kappa shape index (κ3) is 9.17. The number of amides is 4. The number of ether oxygens (including phenoxy) is 1. The summed E-state index contributed by atoms with van der Waals surface area (Å²) in [6.07, 6.45) is 6.84. The largest absolute Gasteiger partial charge is 0.453 e. The van der Waals surface area contributed by atoms with Gasteiger partial charge in [0, 0.05) is 71.2 Å². The molecule has 5 aromatic rings. The molecule has 4 fully saturated rings. The Morgan fingerprint density at radius 3 is 2.39 bits per heavy atom. The predicted molar refractivity (Wildman–Crippen MR) is 251 cm³/mol. The fraction of sp³-hybridized carbons (Fsp3) is 0.468. The molecule has 1 saturated carbocycles. The molecule has 364 valence electrons. The number of fused-ring (bicyclic) bond motifs is 2. The number of aryl methyl sites for hydroxylation is 1. The van der Waals surface area contributed by atoms with Crippen molar-refractivity contribution < 1.29 is 41.4 Å². The standard InChI is InChI=1S/C47H53F2N11O8S/c1-4-55(2)69(66,67)54-37-8-6-34(48)42(33(37)27-50)68-30-5-7-36-31(23-30)44(63)60(28-51-36)29-9-12-46(13-10-29)14-19-58(20-15-46)41(62)26-47(65)16-21-57(22-17-47)39-25-38-32(24-35(39)49)43(53-56(38)3)59-18-11-40(61)52-45(59)64/h5-8,23-25,28-29,54,65H,4,9-22,26H2,1-3H3,(H,52,61,64). The fourth-order valence-electron chi connectivity index (χ4n) is 10.2. The number of carbonyl (C=O) groups excluding carboxylic acids is 3. The van der Waals surface area contributed by atoms with E-state index in [9.17, 15) is 38.0 Å². The second-order valence-electron chi connectivity index (χ2n) is 18.7. The number of nitrogens with one attached hydrogen (secondary N) is 2. The number of aromatic nitrogens is 4. The molecular weight excluding hydrogens is 917 g/mol. The number of anilines is 3. The van der Waals surface area contributed by atoms with Gasteiger partial charge in [-0.15, -0.1) is 0 Å². The Labute approximate surface area is 396 Å². The minimum absolute atomic E-state index is 0.000661. The molecule has 3 saturated heterocycles. The molecule has 9 rings (SSSR count). The Balaban J connectivity index is 0.792. The van der Waals surface area contributed by atoms with Crippen LogP contribution >= 0.6 is 0 Å². The van der Waals surface area contributed by atoms with E-state index >= 15 is 8.78 Å². The van der Waals surface area contributed by atoms with Crippen molar-refractivity contribution in [3.63, 3.8) is 0 Å². The van der Waals surface area contributed by atoms with E-state index in [1.807, 2.05) is 15.9 Å². The first-order valence-corrected chi connectivity index (χ1v) is 24.5. The molecule has 2 aromatic heterocycles. The summed E-state index contributed by atoms with van der Waals surface area (Å²) in [6.45, 7) is 3.68. The van der Waals surface area contributed by atoms with Crippen molar-refractivity contribution in [2.45, 2.75) is 82.8 Å². The van der Waals surface area contributed by atoms with Gasteiger partial charge in [0.25, 0.3) is 5.56 Å². The Morgan fingerprint density at radius 1 is 0.986 bits per heavy atom. The van der Waals surface area contributed by atoms with Crippen LogP contribution in [0.4, 0.5) is 30.8 Å². The number of urea groups is 1. The van der Waals surface area contributed by atoms with Crippen LogP contribution in [0, 0.1) is 28.4 Å². The van der Waals surface area contributed by atoms with E-state index in [1.54, 1.807) is 35.4 Å².